The van der Waals surface area contributed by atoms with Gasteiger partial charge in [0.1, 0.15) is 5.60 Å². The Morgan fingerprint density at radius 2 is 1.81 bits per heavy atom. The number of ether oxygens (including phenoxy) is 1. The average Bonchev–Trinajstić information content (AvgIpc) is 3.41. The van der Waals surface area contributed by atoms with Gasteiger partial charge in [0.2, 0.25) is 0 Å². The van der Waals surface area contributed by atoms with Gasteiger partial charge in [-0.05, 0) is 50.6 Å². The third-order valence-corrected chi connectivity index (χ3v) is 7.27. The molecule has 3 heterocycles. The lowest BCUT2D eigenvalue weighted by molar-refractivity contribution is 0.0547. The lowest BCUT2D eigenvalue weighted by Gasteiger charge is -2.34. The Morgan fingerprint density at radius 1 is 1.08 bits per heavy atom. The van der Waals surface area contributed by atoms with Crippen LogP contribution in [-0.2, 0) is 17.8 Å². The van der Waals surface area contributed by atoms with Crippen LogP contribution in [-0.4, -0.2) is 76.4 Å². The third-order valence-electron chi connectivity index (χ3n) is 6.91. The van der Waals surface area contributed by atoms with Crippen LogP contribution in [0.2, 0.25) is 5.02 Å². The molecule has 3 aromatic rings. The highest BCUT2D eigenvalue weighted by molar-refractivity contribution is 6.32. The van der Waals surface area contributed by atoms with E-state index in [1.807, 2.05) is 39.0 Å². The molecule has 2 N–H and O–H groups in total. The minimum absolute atomic E-state index is 0.187. The summed E-state index contributed by atoms with van der Waals surface area (Å²) in [5.41, 5.74) is 3.69. The van der Waals surface area contributed by atoms with E-state index in [0.29, 0.717) is 34.9 Å². The standard InChI is InChI=1S/C28H33ClN4O4/c1-28(2,3)37-27(36)33-23-7-4-18(17-32-10-8-31(9-11-32)12-13-34)14-19(23)15-24(33)20-5-6-22(29)21-16-30-26(35)25(20)21/h4-7,14-15,34H,8-13,16-17H2,1-3H3,(H,30,35). The van der Waals surface area contributed by atoms with Gasteiger partial charge in [-0.1, -0.05) is 23.7 Å². The van der Waals surface area contributed by atoms with E-state index in [-0.39, 0.29) is 12.5 Å². The molecule has 1 aromatic heterocycles. The van der Waals surface area contributed by atoms with E-state index in [4.69, 9.17) is 16.3 Å². The summed E-state index contributed by atoms with van der Waals surface area (Å²) >= 11 is 6.39. The van der Waals surface area contributed by atoms with Crippen LogP contribution in [0.25, 0.3) is 22.2 Å². The van der Waals surface area contributed by atoms with Crippen molar-refractivity contribution in [1.82, 2.24) is 19.7 Å². The number of aliphatic hydroxyl groups excluding tert-OH is 1. The van der Waals surface area contributed by atoms with Gasteiger partial charge in [-0.2, -0.15) is 0 Å². The molecule has 8 nitrogen and oxygen atoms in total. The molecule has 1 fully saturated rings. The Hall–Kier alpha value is -2.91. The van der Waals surface area contributed by atoms with Crippen LogP contribution in [0.1, 0.15) is 42.3 Å². The molecule has 2 aliphatic rings. The lowest BCUT2D eigenvalue weighted by atomic mass is 10.00. The van der Waals surface area contributed by atoms with Crippen molar-refractivity contribution in [3.8, 4) is 11.3 Å². The monoisotopic (exact) mass is 524 g/mol. The largest absolute Gasteiger partial charge is 0.443 e. The number of benzene rings is 2. The van der Waals surface area contributed by atoms with Gasteiger partial charge in [0.15, 0.2) is 0 Å². The second-order valence-corrected chi connectivity index (χ2v) is 11.1. The minimum atomic E-state index is -0.678. The molecule has 0 saturated carbocycles. The van der Waals surface area contributed by atoms with Gasteiger partial charge in [-0.15, -0.1) is 0 Å². The number of nitrogens with zero attached hydrogens (tertiary/aromatic N) is 3. The molecular weight excluding hydrogens is 492 g/mol. The van der Waals surface area contributed by atoms with Crippen LogP contribution < -0.4 is 5.32 Å². The van der Waals surface area contributed by atoms with Gasteiger partial charge in [0.05, 0.1) is 23.4 Å². The van der Waals surface area contributed by atoms with Gasteiger partial charge in [-0.25, -0.2) is 9.36 Å². The fourth-order valence-corrected chi connectivity index (χ4v) is 5.39. The summed E-state index contributed by atoms with van der Waals surface area (Å²) in [5.74, 6) is -0.200. The summed E-state index contributed by atoms with van der Waals surface area (Å²) in [5, 5.41) is 13.5. The van der Waals surface area contributed by atoms with Crippen LogP contribution in [0.4, 0.5) is 4.79 Å². The third kappa shape index (κ3) is 5.25. The van der Waals surface area contributed by atoms with E-state index in [1.165, 1.54) is 0 Å². The van der Waals surface area contributed by atoms with Crippen LogP contribution in [0.15, 0.2) is 36.4 Å². The van der Waals surface area contributed by atoms with Gasteiger partial charge >= 0.3 is 6.09 Å². The molecule has 2 aromatic carbocycles. The molecule has 0 unspecified atom stereocenters. The second kappa shape index (κ2) is 10.1. The fourth-order valence-electron chi connectivity index (χ4n) is 5.16. The number of aromatic nitrogens is 1. The van der Waals surface area contributed by atoms with Crippen molar-refractivity contribution in [3.05, 3.63) is 58.1 Å². The van der Waals surface area contributed by atoms with Crippen molar-refractivity contribution < 1.29 is 19.4 Å². The van der Waals surface area contributed by atoms with E-state index >= 15 is 0 Å². The van der Waals surface area contributed by atoms with Crippen molar-refractivity contribution in [1.29, 1.82) is 0 Å². The smallest absolute Gasteiger partial charge is 0.419 e. The molecular formula is C28H33ClN4O4. The SMILES string of the molecule is CC(C)(C)OC(=O)n1c(-c2ccc(Cl)c3c2C(=O)NC3)cc2cc(CN3CCN(CCO)CC3)ccc21. The highest BCUT2D eigenvalue weighted by atomic mass is 35.5. The number of aliphatic hydroxyl groups is 1. The predicted octanol–water partition coefficient (Wildman–Crippen LogP) is 4.10. The molecule has 0 aliphatic carbocycles. The molecule has 37 heavy (non-hydrogen) atoms. The number of nitrogens with one attached hydrogen (secondary N) is 1. The van der Waals surface area contributed by atoms with Crippen LogP contribution >= 0.6 is 11.6 Å². The van der Waals surface area contributed by atoms with Crippen LogP contribution in [0.5, 0.6) is 0 Å². The number of carbonyl (C=O) groups is 2. The number of rotatable bonds is 5. The zero-order chi connectivity index (χ0) is 26.3. The highest BCUT2D eigenvalue weighted by Gasteiger charge is 2.30. The number of carbonyl (C=O) groups excluding carboxylic acids is 2. The summed E-state index contributed by atoms with van der Waals surface area (Å²) in [4.78, 5) is 30.9. The maximum absolute atomic E-state index is 13.4. The number of hydrogen-bond donors (Lipinski definition) is 2. The molecule has 196 valence electrons. The fraction of sp³-hybridized carbons (Fsp3) is 0.429. The van der Waals surface area contributed by atoms with Gasteiger partial charge in [-0.3, -0.25) is 14.6 Å². The summed E-state index contributed by atoms with van der Waals surface area (Å²) in [6, 6.07) is 11.6. The van der Waals surface area contributed by atoms with Crippen LogP contribution in [0.3, 0.4) is 0 Å². The van der Waals surface area contributed by atoms with Crippen LogP contribution in [0, 0.1) is 0 Å². The quantitative estimate of drug-likeness (QED) is 0.522. The van der Waals surface area contributed by atoms with Crippen molar-refractivity contribution in [2.75, 3.05) is 39.3 Å². The molecule has 0 spiro atoms. The van der Waals surface area contributed by atoms with Crippen molar-refractivity contribution in [2.24, 2.45) is 0 Å². The Morgan fingerprint density at radius 3 is 2.51 bits per heavy atom. The normalized spacial score (nSPS) is 16.7. The molecule has 5 rings (SSSR count). The number of halogens is 1. The number of β-amino-alcohol motifs (C(OH)–C–C–N with tert-alkyl or cyclic N) is 1. The summed E-state index contributed by atoms with van der Waals surface area (Å²) in [6.45, 7) is 11.3. The maximum atomic E-state index is 13.4. The molecule has 2 aliphatic heterocycles. The summed E-state index contributed by atoms with van der Waals surface area (Å²) in [7, 11) is 0. The van der Waals surface area contributed by atoms with Crippen molar-refractivity contribution >= 4 is 34.5 Å². The number of piperazine rings is 1. The molecule has 1 amide bonds. The Balaban J connectivity index is 1.54. The Labute approximate surface area is 221 Å². The van der Waals surface area contributed by atoms with E-state index in [9.17, 15) is 14.7 Å². The van der Waals surface area contributed by atoms with E-state index in [2.05, 4.69) is 21.2 Å². The first kappa shape index (κ1) is 25.7. The van der Waals surface area contributed by atoms with Gasteiger partial charge in [0.25, 0.3) is 5.91 Å². The zero-order valence-corrected chi connectivity index (χ0v) is 22.3. The Kier molecular flexibility index (Phi) is 7.02. The van der Waals surface area contributed by atoms with Gasteiger partial charge in [0, 0.05) is 67.3 Å². The lowest BCUT2D eigenvalue weighted by Crippen LogP contribution is -2.46. The topological polar surface area (TPSA) is 87.0 Å². The first-order chi connectivity index (χ1) is 17.6. The zero-order valence-electron chi connectivity index (χ0n) is 21.5. The van der Waals surface area contributed by atoms with E-state index < -0.39 is 11.7 Å². The number of fused-ring (bicyclic) bond motifs is 2. The van der Waals surface area contributed by atoms with Crippen molar-refractivity contribution in [2.45, 2.75) is 39.5 Å². The Bertz CT molecular complexity index is 1350. The molecule has 1 saturated heterocycles. The predicted molar refractivity (Wildman–Crippen MR) is 144 cm³/mol. The summed E-state index contributed by atoms with van der Waals surface area (Å²) < 4.78 is 7.33. The first-order valence-corrected chi connectivity index (χ1v) is 13.1. The molecule has 0 atom stereocenters. The average molecular weight is 525 g/mol. The van der Waals surface area contributed by atoms with Crippen molar-refractivity contribution in [3.63, 3.8) is 0 Å². The maximum Gasteiger partial charge on any atom is 0.419 e. The van der Waals surface area contributed by atoms with E-state index in [1.54, 1.807) is 16.7 Å². The molecule has 0 bridgehead atoms. The second-order valence-electron chi connectivity index (χ2n) is 10.7. The minimum Gasteiger partial charge on any atom is -0.443 e. The summed E-state index contributed by atoms with van der Waals surface area (Å²) in [6.07, 6.45) is -0.493. The highest BCUT2D eigenvalue weighted by Crippen LogP contribution is 2.37. The number of amides is 1. The number of hydrogen-bond acceptors (Lipinski definition) is 6. The first-order valence-electron chi connectivity index (χ1n) is 12.7. The van der Waals surface area contributed by atoms with E-state index in [0.717, 1.165) is 54.8 Å². The molecule has 0 radical (unpaired) electrons. The molecule has 9 heteroatoms. The van der Waals surface area contributed by atoms with Gasteiger partial charge < -0.3 is 15.2 Å².